The van der Waals surface area contributed by atoms with Crippen LogP contribution < -0.4 is 4.74 Å². The van der Waals surface area contributed by atoms with Gasteiger partial charge in [-0.25, -0.2) is 9.37 Å². The molecule has 0 spiro atoms. The fraction of sp³-hybridized carbons (Fsp3) is 0.125. The van der Waals surface area contributed by atoms with Crippen molar-refractivity contribution >= 4 is 10.9 Å². The van der Waals surface area contributed by atoms with E-state index in [1.165, 1.54) is 12.1 Å². The van der Waals surface area contributed by atoms with Crippen molar-refractivity contribution in [3.05, 3.63) is 54.3 Å². The Morgan fingerprint density at radius 3 is 2.50 bits per heavy atom. The van der Waals surface area contributed by atoms with Gasteiger partial charge in [-0.2, -0.15) is 4.98 Å². The fourth-order valence-electron chi connectivity index (χ4n) is 2.02. The van der Waals surface area contributed by atoms with Gasteiger partial charge in [0, 0.05) is 5.56 Å². The molecule has 3 nitrogen and oxygen atoms in total. The zero-order valence-corrected chi connectivity index (χ0v) is 11.0. The summed E-state index contributed by atoms with van der Waals surface area (Å²) in [6, 6.07) is 13.8. The zero-order chi connectivity index (χ0) is 13.9. The van der Waals surface area contributed by atoms with E-state index in [1.807, 2.05) is 31.2 Å². The summed E-state index contributed by atoms with van der Waals surface area (Å²) in [7, 11) is 0. The number of ether oxygens (including phenoxy) is 1. The molecule has 0 fully saturated rings. The number of para-hydroxylation sites is 1. The number of fused-ring (bicyclic) bond motifs is 1. The van der Waals surface area contributed by atoms with Gasteiger partial charge < -0.3 is 4.74 Å². The van der Waals surface area contributed by atoms with Crippen molar-refractivity contribution in [3.63, 3.8) is 0 Å². The maximum atomic E-state index is 13.0. The molecule has 2 aromatic carbocycles. The lowest BCUT2D eigenvalue weighted by Gasteiger charge is -2.08. The van der Waals surface area contributed by atoms with Crippen LogP contribution in [0.3, 0.4) is 0 Å². The molecule has 100 valence electrons. The summed E-state index contributed by atoms with van der Waals surface area (Å²) in [5.41, 5.74) is 1.57. The van der Waals surface area contributed by atoms with E-state index in [4.69, 9.17) is 4.74 Å². The molecule has 4 heteroatoms. The Labute approximate surface area is 116 Å². The van der Waals surface area contributed by atoms with Crippen LogP contribution in [0.4, 0.5) is 4.39 Å². The van der Waals surface area contributed by atoms with E-state index >= 15 is 0 Å². The van der Waals surface area contributed by atoms with E-state index in [-0.39, 0.29) is 5.82 Å². The molecule has 0 bridgehead atoms. The first-order chi connectivity index (χ1) is 9.78. The van der Waals surface area contributed by atoms with Gasteiger partial charge in [0.05, 0.1) is 17.5 Å². The summed E-state index contributed by atoms with van der Waals surface area (Å²) in [5.74, 6) is 0.809. The van der Waals surface area contributed by atoms with Crippen molar-refractivity contribution in [1.29, 1.82) is 0 Å². The molecule has 0 aliphatic heterocycles. The van der Waals surface area contributed by atoms with Crippen LogP contribution in [0.25, 0.3) is 22.3 Å². The van der Waals surface area contributed by atoms with Crippen LogP contribution in [0.2, 0.25) is 0 Å². The highest BCUT2D eigenvalue weighted by atomic mass is 19.1. The minimum absolute atomic E-state index is 0.278. The van der Waals surface area contributed by atoms with Crippen LogP contribution in [-0.2, 0) is 0 Å². The van der Waals surface area contributed by atoms with E-state index < -0.39 is 0 Å². The van der Waals surface area contributed by atoms with Gasteiger partial charge in [0.15, 0.2) is 5.82 Å². The molecule has 0 atom stereocenters. The Hall–Kier alpha value is -2.49. The summed E-state index contributed by atoms with van der Waals surface area (Å²) in [6.45, 7) is 2.44. The predicted molar refractivity (Wildman–Crippen MR) is 76.1 cm³/mol. The number of benzene rings is 2. The van der Waals surface area contributed by atoms with Gasteiger partial charge in [-0.1, -0.05) is 12.1 Å². The Morgan fingerprint density at radius 2 is 1.75 bits per heavy atom. The topological polar surface area (TPSA) is 35.0 Å². The van der Waals surface area contributed by atoms with Gasteiger partial charge in [0.2, 0.25) is 5.88 Å². The standard InChI is InChI=1S/C16H13FN2O/c1-2-20-16-13-5-3-4-6-14(13)18-15(19-16)11-7-9-12(17)10-8-11/h3-10H,2H2,1H3. The van der Waals surface area contributed by atoms with Gasteiger partial charge in [-0.3, -0.25) is 0 Å². The fourth-order valence-corrected chi connectivity index (χ4v) is 2.02. The summed E-state index contributed by atoms with van der Waals surface area (Å²) in [4.78, 5) is 8.94. The lowest BCUT2D eigenvalue weighted by molar-refractivity contribution is 0.331. The smallest absolute Gasteiger partial charge is 0.225 e. The summed E-state index contributed by atoms with van der Waals surface area (Å²) >= 11 is 0. The quantitative estimate of drug-likeness (QED) is 0.724. The summed E-state index contributed by atoms with van der Waals surface area (Å²) in [5, 5.41) is 0.875. The molecule has 0 saturated heterocycles. The molecule has 1 aromatic heterocycles. The third-order valence-electron chi connectivity index (χ3n) is 2.95. The van der Waals surface area contributed by atoms with Crippen LogP contribution >= 0.6 is 0 Å². The summed E-state index contributed by atoms with van der Waals surface area (Å²) in [6.07, 6.45) is 0. The van der Waals surface area contributed by atoms with Gasteiger partial charge in [0.25, 0.3) is 0 Å². The first-order valence-corrected chi connectivity index (χ1v) is 6.43. The van der Waals surface area contributed by atoms with Crippen molar-refractivity contribution < 1.29 is 9.13 Å². The monoisotopic (exact) mass is 268 g/mol. The third-order valence-corrected chi connectivity index (χ3v) is 2.95. The number of nitrogens with zero attached hydrogens (tertiary/aromatic N) is 2. The van der Waals surface area contributed by atoms with Crippen LogP contribution in [-0.4, -0.2) is 16.6 Å². The lowest BCUT2D eigenvalue weighted by Crippen LogP contribution is -1.99. The van der Waals surface area contributed by atoms with Gasteiger partial charge in [-0.15, -0.1) is 0 Å². The normalized spacial score (nSPS) is 10.7. The Morgan fingerprint density at radius 1 is 1.00 bits per heavy atom. The van der Waals surface area contributed by atoms with Crippen LogP contribution in [0, 0.1) is 5.82 Å². The molecule has 0 aliphatic carbocycles. The average molecular weight is 268 g/mol. The Balaban J connectivity index is 2.18. The number of halogens is 1. The number of hydrogen-bond acceptors (Lipinski definition) is 3. The number of rotatable bonds is 3. The Kier molecular flexibility index (Phi) is 3.29. The lowest BCUT2D eigenvalue weighted by atomic mass is 10.2. The van der Waals surface area contributed by atoms with E-state index in [1.54, 1.807) is 12.1 Å². The molecule has 0 saturated carbocycles. The van der Waals surface area contributed by atoms with E-state index in [0.717, 1.165) is 16.5 Å². The molecular formula is C16H13FN2O. The minimum Gasteiger partial charge on any atom is -0.477 e. The molecule has 3 aromatic rings. The Bertz CT molecular complexity index is 741. The minimum atomic E-state index is -0.278. The largest absolute Gasteiger partial charge is 0.477 e. The first kappa shape index (κ1) is 12.5. The van der Waals surface area contributed by atoms with E-state index in [9.17, 15) is 4.39 Å². The van der Waals surface area contributed by atoms with Crippen molar-refractivity contribution in [1.82, 2.24) is 9.97 Å². The molecule has 0 radical (unpaired) electrons. The number of aromatic nitrogens is 2. The SMILES string of the molecule is CCOc1nc(-c2ccc(F)cc2)nc2ccccc12. The molecule has 0 N–H and O–H groups in total. The van der Waals surface area contributed by atoms with Crippen molar-refractivity contribution in [2.24, 2.45) is 0 Å². The zero-order valence-electron chi connectivity index (χ0n) is 11.0. The second kappa shape index (κ2) is 5.25. The third kappa shape index (κ3) is 2.32. The van der Waals surface area contributed by atoms with Crippen LogP contribution in [0.1, 0.15) is 6.92 Å². The van der Waals surface area contributed by atoms with Gasteiger partial charge in [0.1, 0.15) is 5.82 Å². The maximum Gasteiger partial charge on any atom is 0.225 e. The molecule has 3 rings (SSSR count). The van der Waals surface area contributed by atoms with Crippen LogP contribution in [0.5, 0.6) is 5.88 Å². The molecule has 0 amide bonds. The molecule has 1 heterocycles. The number of hydrogen-bond donors (Lipinski definition) is 0. The van der Waals surface area contributed by atoms with Crippen molar-refractivity contribution in [2.75, 3.05) is 6.61 Å². The van der Waals surface area contributed by atoms with Crippen LogP contribution in [0.15, 0.2) is 48.5 Å². The van der Waals surface area contributed by atoms with Crippen molar-refractivity contribution in [3.8, 4) is 17.3 Å². The predicted octanol–water partition coefficient (Wildman–Crippen LogP) is 3.83. The summed E-state index contributed by atoms with van der Waals surface area (Å²) < 4.78 is 18.6. The second-order valence-electron chi connectivity index (χ2n) is 4.31. The molecule has 0 aliphatic rings. The highest BCUT2D eigenvalue weighted by Gasteiger charge is 2.09. The second-order valence-corrected chi connectivity index (χ2v) is 4.31. The highest BCUT2D eigenvalue weighted by molar-refractivity contribution is 5.85. The van der Waals surface area contributed by atoms with Gasteiger partial charge in [-0.05, 0) is 43.3 Å². The molecule has 0 unspecified atom stereocenters. The molecular weight excluding hydrogens is 255 g/mol. The van der Waals surface area contributed by atoms with E-state index in [0.29, 0.717) is 18.3 Å². The highest BCUT2D eigenvalue weighted by Crippen LogP contribution is 2.26. The average Bonchev–Trinajstić information content (AvgIpc) is 2.48. The van der Waals surface area contributed by atoms with E-state index in [2.05, 4.69) is 9.97 Å². The van der Waals surface area contributed by atoms with Crippen molar-refractivity contribution in [2.45, 2.75) is 6.92 Å². The maximum absolute atomic E-state index is 13.0. The first-order valence-electron chi connectivity index (χ1n) is 6.43. The van der Waals surface area contributed by atoms with Gasteiger partial charge >= 0.3 is 0 Å². The molecule has 20 heavy (non-hydrogen) atoms.